The number of amides is 2. The van der Waals surface area contributed by atoms with Gasteiger partial charge in [0.25, 0.3) is 0 Å². The zero-order valence-corrected chi connectivity index (χ0v) is 19.7. The number of aromatic nitrogens is 4. The smallest absolute Gasteiger partial charge is 0.248 e. The third-order valence-corrected chi connectivity index (χ3v) is 6.32. The first-order valence-electron chi connectivity index (χ1n) is 11.9. The number of hydrogen-bond donors (Lipinski definition) is 3. The lowest BCUT2D eigenvalue weighted by Gasteiger charge is -2.16. The lowest BCUT2D eigenvalue weighted by Crippen LogP contribution is -2.28. The number of carbonyl (C=O) groups excluding carboxylic acids is 2. The molecule has 0 aliphatic carbocycles. The quantitative estimate of drug-likeness (QED) is 0.331. The molecule has 1 fully saturated rings. The molecule has 1 aliphatic rings. The maximum atomic E-state index is 12.0. The molecule has 5 rings (SSSR count). The highest BCUT2D eigenvalue weighted by atomic mass is 16.3. The van der Waals surface area contributed by atoms with Crippen molar-refractivity contribution in [3.05, 3.63) is 66.0 Å². The fourth-order valence-electron chi connectivity index (χ4n) is 4.30. The van der Waals surface area contributed by atoms with Gasteiger partial charge in [-0.25, -0.2) is 15.0 Å². The van der Waals surface area contributed by atoms with Crippen molar-refractivity contribution in [1.82, 2.24) is 24.4 Å². The predicted octanol–water partition coefficient (Wildman–Crippen LogP) is 2.57. The first-order valence-corrected chi connectivity index (χ1v) is 11.9. The van der Waals surface area contributed by atoms with Gasteiger partial charge in [-0.1, -0.05) is 24.3 Å². The van der Waals surface area contributed by atoms with Crippen molar-refractivity contribution >= 4 is 28.8 Å². The Morgan fingerprint density at radius 1 is 1.06 bits per heavy atom. The summed E-state index contributed by atoms with van der Waals surface area (Å²) in [6.07, 6.45) is 3.96. The summed E-state index contributed by atoms with van der Waals surface area (Å²) in [6.45, 7) is 2.56. The second kappa shape index (κ2) is 10.0. The summed E-state index contributed by atoms with van der Waals surface area (Å²) >= 11 is 0. The molecule has 36 heavy (non-hydrogen) atoms. The maximum absolute atomic E-state index is 12.0. The number of aromatic hydroxyl groups is 1. The largest absolute Gasteiger partial charge is 0.508 e. The van der Waals surface area contributed by atoms with Crippen molar-refractivity contribution in [2.24, 2.45) is 5.73 Å². The van der Waals surface area contributed by atoms with Gasteiger partial charge >= 0.3 is 0 Å². The third kappa shape index (κ3) is 4.97. The van der Waals surface area contributed by atoms with Crippen LogP contribution in [0.1, 0.15) is 28.8 Å². The van der Waals surface area contributed by atoms with Crippen molar-refractivity contribution in [1.29, 1.82) is 0 Å². The minimum atomic E-state index is -0.496. The van der Waals surface area contributed by atoms with Gasteiger partial charge in [0.1, 0.15) is 11.3 Å². The zero-order chi connectivity index (χ0) is 25.1. The summed E-state index contributed by atoms with van der Waals surface area (Å²) in [5.74, 6) is 1.01. The minimum Gasteiger partial charge on any atom is -0.508 e. The summed E-state index contributed by atoms with van der Waals surface area (Å²) in [5, 5.41) is 12.9. The van der Waals surface area contributed by atoms with Gasteiger partial charge < -0.3 is 25.6 Å². The molecule has 10 nitrogen and oxygen atoms in total. The van der Waals surface area contributed by atoms with Crippen LogP contribution in [0.4, 0.5) is 5.82 Å². The fourth-order valence-corrected chi connectivity index (χ4v) is 4.30. The summed E-state index contributed by atoms with van der Waals surface area (Å²) < 4.78 is 1.94. The Bertz CT molecular complexity index is 1400. The van der Waals surface area contributed by atoms with Crippen LogP contribution in [0.3, 0.4) is 0 Å². The number of primary amides is 1. The Kier molecular flexibility index (Phi) is 6.48. The fraction of sp³-hybridized carbons (Fsp3) is 0.269. The SMILES string of the molecule is NC(=O)c1ccc(-c2nc(NCCc3ccc(O)cc3)c3ncn(CCN4CCCC4=O)c3n2)cc1. The van der Waals surface area contributed by atoms with Gasteiger partial charge in [0.2, 0.25) is 11.8 Å². The number of nitrogens with two attached hydrogens (primary N) is 1. The van der Waals surface area contributed by atoms with Crippen molar-refractivity contribution in [3.63, 3.8) is 0 Å². The van der Waals surface area contributed by atoms with E-state index in [0.29, 0.717) is 54.4 Å². The van der Waals surface area contributed by atoms with Crippen LogP contribution in [-0.4, -0.2) is 61.0 Å². The minimum absolute atomic E-state index is 0.181. The molecule has 1 saturated heterocycles. The van der Waals surface area contributed by atoms with E-state index in [-0.39, 0.29) is 11.7 Å². The highest BCUT2D eigenvalue weighted by Gasteiger charge is 2.21. The average molecular weight is 486 g/mol. The summed E-state index contributed by atoms with van der Waals surface area (Å²) in [7, 11) is 0. The topological polar surface area (TPSA) is 139 Å². The lowest BCUT2D eigenvalue weighted by molar-refractivity contribution is -0.127. The zero-order valence-electron chi connectivity index (χ0n) is 19.7. The van der Waals surface area contributed by atoms with Crippen LogP contribution in [0.15, 0.2) is 54.9 Å². The molecule has 2 aromatic carbocycles. The highest BCUT2D eigenvalue weighted by molar-refractivity contribution is 5.93. The molecule has 10 heteroatoms. The number of phenols is 1. The lowest BCUT2D eigenvalue weighted by atomic mass is 10.1. The van der Waals surface area contributed by atoms with E-state index in [2.05, 4.69) is 10.3 Å². The standard InChI is InChI=1S/C26H27N7O3/c27-23(36)18-5-7-19(8-6-18)24-30-25(28-12-11-17-3-9-20(34)10-4-17)22-26(31-24)33(16-29-22)15-14-32-13-1-2-21(32)35/h3-10,16,34H,1-2,11-15H2,(H2,27,36)(H,28,30,31). The molecule has 0 spiro atoms. The van der Waals surface area contributed by atoms with Gasteiger partial charge in [0.15, 0.2) is 17.3 Å². The van der Waals surface area contributed by atoms with Crippen LogP contribution in [0, 0.1) is 0 Å². The van der Waals surface area contributed by atoms with E-state index in [1.165, 1.54) is 0 Å². The molecule has 0 bridgehead atoms. The Labute approximate surface area is 207 Å². The van der Waals surface area contributed by atoms with Crippen molar-refractivity contribution in [2.75, 3.05) is 25.0 Å². The molecule has 0 saturated carbocycles. The van der Waals surface area contributed by atoms with Gasteiger partial charge in [-0.15, -0.1) is 0 Å². The molecule has 2 amide bonds. The number of anilines is 1. The molecular weight excluding hydrogens is 458 g/mol. The number of rotatable bonds is 9. The predicted molar refractivity (Wildman–Crippen MR) is 135 cm³/mol. The molecule has 2 aromatic heterocycles. The molecule has 1 aliphatic heterocycles. The summed E-state index contributed by atoms with van der Waals surface area (Å²) in [4.78, 5) is 39.5. The van der Waals surface area contributed by atoms with E-state index < -0.39 is 5.91 Å². The molecule has 3 heterocycles. The molecule has 4 aromatic rings. The Balaban J connectivity index is 1.44. The Morgan fingerprint density at radius 3 is 2.53 bits per heavy atom. The summed E-state index contributed by atoms with van der Waals surface area (Å²) in [5.41, 5.74) is 8.92. The van der Waals surface area contributed by atoms with Crippen LogP contribution < -0.4 is 11.1 Å². The van der Waals surface area contributed by atoms with E-state index in [0.717, 1.165) is 30.5 Å². The third-order valence-electron chi connectivity index (χ3n) is 6.32. The first-order chi connectivity index (χ1) is 17.5. The van der Waals surface area contributed by atoms with Crippen LogP contribution >= 0.6 is 0 Å². The number of carbonyl (C=O) groups is 2. The molecular formula is C26H27N7O3. The van der Waals surface area contributed by atoms with Gasteiger partial charge in [-0.05, 0) is 42.7 Å². The Hall–Kier alpha value is -4.47. The molecule has 184 valence electrons. The number of nitrogens with one attached hydrogen (secondary N) is 1. The monoisotopic (exact) mass is 485 g/mol. The van der Waals surface area contributed by atoms with E-state index in [1.54, 1.807) is 42.7 Å². The van der Waals surface area contributed by atoms with E-state index >= 15 is 0 Å². The number of nitrogens with zero attached hydrogens (tertiary/aromatic N) is 5. The van der Waals surface area contributed by atoms with Gasteiger partial charge in [-0.3, -0.25) is 9.59 Å². The number of hydrogen-bond acceptors (Lipinski definition) is 7. The summed E-state index contributed by atoms with van der Waals surface area (Å²) in [6, 6.07) is 13.9. The number of imidazole rings is 1. The van der Waals surface area contributed by atoms with Crippen molar-refractivity contribution in [2.45, 2.75) is 25.8 Å². The number of phenolic OH excluding ortho intramolecular Hbond substituents is 1. The molecule has 4 N–H and O–H groups in total. The van der Waals surface area contributed by atoms with Gasteiger partial charge in [0, 0.05) is 43.7 Å². The van der Waals surface area contributed by atoms with Crippen molar-refractivity contribution < 1.29 is 14.7 Å². The van der Waals surface area contributed by atoms with Crippen LogP contribution in [-0.2, 0) is 17.8 Å². The van der Waals surface area contributed by atoms with E-state index in [1.807, 2.05) is 21.6 Å². The highest BCUT2D eigenvalue weighted by Crippen LogP contribution is 2.25. The first kappa shape index (κ1) is 23.3. The maximum Gasteiger partial charge on any atom is 0.248 e. The number of likely N-dealkylation sites (tertiary alicyclic amines) is 1. The average Bonchev–Trinajstić information content (AvgIpc) is 3.49. The van der Waals surface area contributed by atoms with Crippen LogP contribution in [0.25, 0.3) is 22.6 Å². The Morgan fingerprint density at radius 2 is 1.83 bits per heavy atom. The van der Waals surface area contributed by atoms with Gasteiger partial charge in [-0.2, -0.15) is 0 Å². The molecule has 0 atom stereocenters. The number of benzene rings is 2. The number of fused-ring (bicyclic) bond motifs is 1. The second-order valence-electron chi connectivity index (χ2n) is 8.78. The second-order valence-corrected chi connectivity index (χ2v) is 8.78. The van der Waals surface area contributed by atoms with Crippen LogP contribution in [0.2, 0.25) is 0 Å². The molecule has 0 unspecified atom stereocenters. The van der Waals surface area contributed by atoms with E-state index in [9.17, 15) is 14.7 Å². The van der Waals surface area contributed by atoms with Gasteiger partial charge in [0.05, 0.1) is 6.33 Å². The van der Waals surface area contributed by atoms with Crippen LogP contribution in [0.5, 0.6) is 5.75 Å². The molecule has 0 radical (unpaired) electrons. The van der Waals surface area contributed by atoms with E-state index in [4.69, 9.17) is 15.7 Å². The van der Waals surface area contributed by atoms with Crippen molar-refractivity contribution in [3.8, 4) is 17.1 Å². The normalized spacial score (nSPS) is 13.4.